The van der Waals surface area contributed by atoms with Crippen molar-refractivity contribution in [2.75, 3.05) is 18.2 Å². The minimum atomic E-state index is -0.115. The molecular formula is C16H12Cl2N2O2S3. The lowest BCUT2D eigenvalue weighted by Gasteiger charge is -2.03. The fourth-order valence-electron chi connectivity index (χ4n) is 1.95. The van der Waals surface area contributed by atoms with Gasteiger partial charge in [-0.05, 0) is 30.3 Å². The summed E-state index contributed by atoms with van der Waals surface area (Å²) in [6, 6.07) is 9.34. The van der Waals surface area contributed by atoms with Gasteiger partial charge in [0.05, 0.1) is 22.9 Å². The first-order valence-electron chi connectivity index (χ1n) is 7.02. The number of amides is 1. The van der Waals surface area contributed by atoms with Gasteiger partial charge < -0.3 is 10.1 Å². The third-order valence-corrected chi connectivity index (χ3v) is 6.37. The first-order chi connectivity index (χ1) is 12.0. The number of thiophene rings is 1. The van der Waals surface area contributed by atoms with Crippen molar-refractivity contribution in [3.63, 3.8) is 0 Å². The molecule has 1 aromatic carbocycles. The number of carbonyl (C=O) groups excluding carboxylic acids is 1. The SMILES string of the molecule is COc1ccc(SCC(=O)Nc2nc(-c3cc(Cl)sc3Cl)cs2)cc1. The van der Waals surface area contributed by atoms with Gasteiger partial charge in [-0.25, -0.2) is 4.98 Å². The van der Waals surface area contributed by atoms with Crippen LogP contribution in [0, 0.1) is 0 Å². The summed E-state index contributed by atoms with van der Waals surface area (Å²) in [5.41, 5.74) is 1.48. The molecule has 130 valence electrons. The number of rotatable bonds is 6. The van der Waals surface area contributed by atoms with Crippen LogP contribution in [0.2, 0.25) is 8.67 Å². The first-order valence-corrected chi connectivity index (χ1v) is 10.5. The van der Waals surface area contributed by atoms with E-state index in [4.69, 9.17) is 27.9 Å². The molecule has 0 aliphatic heterocycles. The zero-order chi connectivity index (χ0) is 17.8. The molecular weight excluding hydrogens is 419 g/mol. The van der Waals surface area contributed by atoms with Gasteiger partial charge in [-0.2, -0.15) is 0 Å². The third-order valence-electron chi connectivity index (χ3n) is 3.11. The fraction of sp³-hybridized carbons (Fsp3) is 0.125. The van der Waals surface area contributed by atoms with E-state index in [1.807, 2.05) is 29.6 Å². The first kappa shape index (κ1) is 18.5. The lowest BCUT2D eigenvalue weighted by Crippen LogP contribution is -2.13. The lowest BCUT2D eigenvalue weighted by molar-refractivity contribution is -0.113. The maximum absolute atomic E-state index is 12.1. The number of nitrogens with one attached hydrogen (secondary N) is 1. The topological polar surface area (TPSA) is 51.2 Å². The second-order valence-corrected chi connectivity index (χ2v) is 8.98. The summed E-state index contributed by atoms with van der Waals surface area (Å²) in [6.45, 7) is 0. The predicted octanol–water partition coefficient (Wildman–Crippen LogP) is 5.92. The molecule has 3 rings (SSSR count). The van der Waals surface area contributed by atoms with Crippen molar-refractivity contribution in [1.29, 1.82) is 0 Å². The Labute approximate surface area is 167 Å². The number of thiazole rings is 1. The molecule has 0 radical (unpaired) electrons. The number of thioether (sulfide) groups is 1. The minimum Gasteiger partial charge on any atom is -0.497 e. The molecule has 0 bridgehead atoms. The highest BCUT2D eigenvalue weighted by atomic mass is 35.5. The summed E-state index contributed by atoms with van der Waals surface area (Å²) in [6.07, 6.45) is 0. The summed E-state index contributed by atoms with van der Waals surface area (Å²) in [7, 11) is 1.62. The van der Waals surface area contributed by atoms with Crippen LogP contribution in [0.15, 0.2) is 40.6 Å². The molecule has 0 spiro atoms. The Morgan fingerprint density at radius 3 is 2.72 bits per heavy atom. The molecule has 0 unspecified atom stereocenters. The second kappa shape index (κ2) is 8.42. The van der Waals surface area contributed by atoms with Crippen molar-refractivity contribution >= 4 is 68.7 Å². The number of carbonyl (C=O) groups is 1. The van der Waals surface area contributed by atoms with Gasteiger partial charge in [-0.15, -0.1) is 34.4 Å². The highest BCUT2D eigenvalue weighted by molar-refractivity contribution is 8.00. The molecule has 0 aliphatic carbocycles. The van der Waals surface area contributed by atoms with Gasteiger partial charge in [0.1, 0.15) is 10.1 Å². The fourth-order valence-corrected chi connectivity index (χ4v) is 4.85. The Kier molecular flexibility index (Phi) is 6.24. The Bertz CT molecular complexity index is 878. The molecule has 3 aromatic rings. The Morgan fingerprint density at radius 2 is 2.08 bits per heavy atom. The third kappa shape index (κ3) is 4.89. The van der Waals surface area contributed by atoms with E-state index in [1.165, 1.54) is 34.4 Å². The molecule has 2 aromatic heterocycles. The maximum atomic E-state index is 12.1. The zero-order valence-electron chi connectivity index (χ0n) is 12.9. The Hall–Kier alpha value is -1.25. The summed E-state index contributed by atoms with van der Waals surface area (Å²) in [5, 5.41) is 5.18. The van der Waals surface area contributed by atoms with Crippen LogP contribution in [0.5, 0.6) is 5.75 Å². The van der Waals surface area contributed by atoms with Crippen molar-refractivity contribution in [1.82, 2.24) is 4.98 Å². The normalized spacial score (nSPS) is 10.7. The average Bonchev–Trinajstić information content (AvgIpc) is 3.19. The molecule has 25 heavy (non-hydrogen) atoms. The molecule has 0 fully saturated rings. The number of hydrogen-bond donors (Lipinski definition) is 1. The standard InChI is InChI=1S/C16H12Cl2N2O2S3/c1-22-9-2-4-10(5-3-9)23-8-14(21)20-16-19-12(7-24-16)11-6-13(17)25-15(11)18/h2-7H,8H2,1H3,(H,19,20,21). The summed E-state index contributed by atoms with van der Waals surface area (Å²) in [4.78, 5) is 17.5. The van der Waals surface area contributed by atoms with Gasteiger partial charge in [0.2, 0.25) is 5.91 Å². The van der Waals surface area contributed by atoms with Gasteiger partial charge in [0, 0.05) is 15.8 Å². The number of aromatic nitrogens is 1. The van der Waals surface area contributed by atoms with Crippen LogP contribution in [0.1, 0.15) is 0 Å². The van der Waals surface area contributed by atoms with Crippen LogP contribution in [0.3, 0.4) is 0 Å². The molecule has 0 aliphatic rings. The number of anilines is 1. The number of methoxy groups -OCH3 is 1. The van der Waals surface area contributed by atoms with Crippen molar-refractivity contribution < 1.29 is 9.53 Å². The smallest absolute Gasteiger partial charge is 0.236 e. The van der Waals surface area contributed by atoms with Crippen molar-refractivity contribution in [2.24, 2.45) is 0 Å². The predicted molar refractivity (Wildman–Crippen MR) is 108 cm³/mol. The van der Waals surface area contributed by atoms with E-state index in [9.17, 15) is 4.79 Å². The molecule has 1 amide bonds. The molecule has 0 saturated heterocycles. The van der Waals surface area contributed by atoms with Crippen LogP contribution >= 0.6 is 57.6 Å². The highest BCUT2D eigenvalue weighted by Crippen LogP contribution is 2.39. The number of halogens is 2. The molecule has 1 N–H and O–H groups in total. The molecule has 2 heterocycles. The lowest BCUT2D eigenvalue weighted by atomic mass is 10.3. The Morgan fingerprint density at radius 1 is 1.32 bits per heavy atom. The van der Waals surface area contributed by atoms with Crippen molar-refractivity contribution in [3.8, 4) is 17.0 Å². The summed E-state index contributed by atoms with van der Waals surface area (Å²) in [5.74, 6) is 0.971. The monoisotopic (exact) mass is 430 g/mol. The molecule has 9 heteroatoms. The van der Waals surface area contributed by atoms with Gasteiger partial charge in [0.15, 0.2) is 5.13 Å². The molecule has 0 saturated carbocycles. The van der Waals surface area contributed by atoms with E-state index in [-0.39, 0.29) is 5.91 Å². The largest absolute Gasteiger partial charge is 0.497 e. The number of hydrogen-bond acceptors (Lipinski definition) is 6. The van der Waals surface area contributed by atoms with Crippen molar-refractivity contribution in [2.45, 2.75) is 4.90 Å². The van der Waals surface area contributed by atoms with Gasteiger partial charge >= 0.3 is 0 Å². The van der Waals surface area contributed by atoms with Gasteiger partial charge in [-0.3, -0.25) is 4.79 Å². The van der Waals surface area contributed by atoms with Crippen LogP contribution in [0.4, 0.5) is 5.13 Å². The van der Waals surface area contributed by atoms with Crippen molar-refractivity contribution in [3.05, 3.63) is 44.4 Å². The molecule has 4 nitrogen and oxygen atoms in total. The van der Waals surface area contributed by atoms with Crippen LogP contribution < -0.4 is 10.1 Å². The highest BCUT2D eigenvalue weighted by Gasteiger charge is 2.13. The van der Waals surface area contributed by atoms with Crippen LogP contribution in [0.25, 0.3) is 11.3 Å². The average molecular weight is 431 g/mol. The summed E-state index contributed by atoms with van der Waals surface area (Å²) >= 11 is 16.2. The van der Waals surface area contributed by atoms with E-state index < -0.39 is 0 Å². The minimum absolute atomic E-state index is 0.115. The van der Waals surface area contributed by atoms with Gasteiger partial charge in [-0.1, -0.05) is 23.2 Å². The molecule has 0 atom stereocenters. The second-order valence-electron chi connectivity index (χ2n) is 4.79. The Balaban J connectivity index is 1.57. The quantitative estimate of drug-likeness (QED) is 0.493. The van der Waals surface area contributed by atoms with E-state index >= 15 is 0 Å². The number of nitrogens with zero attached hydrogens (tertiary/aromatic N) is 1. The van der Waals surface area contributed by atoms with Gasteiger partial charge in [0.25, 0.3) is 0 Å². The van der Waals surface area contributed by atoms with Crippen LogP contribution in [-0.4, -0.2) is 23.8 Å². The summed E-state index contributed by atoms with van der Waals surface area (Å²) < 4.78 is 6.30. The van der Waals surface area contributed by atoms with E-state index in [0.717, 1.165) is 16.2 Å². The maximum Gasteiger partial charge on any atom is 0.236 e. The number of benzene rings is 1. The van der Waals surface area contributed by atoms with E-state index in [0.29, 0.717) is 25.3 Å². The van der Waals surface area contributed by atoms with Crippen LogP contribution in [-0.2, 0) is 4.79 Å². The van der Waals surface area contributed by atoms with E-state index in [1.54, 1.807) is 13.2 Å². The zero-order valence-corrected chi connectivity index (χ0v) is 16.9. The number of ether oxygens (including phenoxy) is 1. The van der Waals surface area contributed by atoms with E-state index in [2.05, 4.69) is 10.3 Å².